The molecule has 0 N–H and O–H groups in total. The van der Waals surface area contributed by atoms with Crippen molar-refractivity contribution >= 4 is 17.2 Å². The van der Waals surface area contributed by atoms with Crippen LogP contribution in [0.1, 0.15) is 22.6 Å². The maximum atomic E-state index is 12.7. The smallest absolute Gasteiger partial charge is 0.273 e. The normalized spacial score (nSPS) is 16.7. The quantitative estimate of drug-likeness (QED) is 0.709. The predicted octanol–water partition coefficient (Wildman–Crippen LogP) is 3.20. The highest BCUT2D eigenvalue weighted by Crippen LogP contribution is 2.25. The Morgan fingerprint density at radius 3 is 2.81 bits per heavy atom. The summed E-state index contributed by atoms with van der Waals surface area (Å²) in [5.41, 5.74) is 2.36. The summed E-state index contributed by atoms with van der Waals surface area (Å²) in [6.07, 6.45) is 0.708. The number of amides is 1. The van der Waals surface area contributed by atoms with Crippen LogP contribution in [-0.4, -0.2) is 45.2 Å². The van der Waals surface area contributed by atoms with Crippen LogP contribution >= 0.6 is 11.3 Å². The molecule has 0 saturated carbocycles. The van der Waals surface area contributed by atoms with E-state index < -0.39 is 0 Å². The highest BCUT2D eigenvalue weighted by molar-refractivity contribution is 7.13. The molecule has 1 fully saturated rings. The van der Waals surface area contributed by atoms with E-state index in [-0.39, 0.29) is 12.0 Å². The lowest BCUT2D eigenvalue weighted by Crippen LogP contribution is -2.31. The van der Waals surface area contributed by atoms with Gasteiger partial charge in [0.15, 0.2) is 0 Å². The Bertz CT molecular complexity index is 895. The number of thiazole rings is 1. The number of carbonyl (C=O) groups excluding carboxylic acids is 1. The number of carbonyl (C=O) groups is 1. The fourth-order valence-electron chi connectivity index (χ4n) is 2.88. The van der Waals surface area contributed by atoms with Gasteiger partial charge in [-0.15, -0.1) is 16.4 Å². The zero-order chi connectivity index (χ0) is 17.9. The number of benzene rings is 1. The molecule has 1 atom stereocenters. The third kappa shape index (κ3) is 3.57. The van der Waals surface area contributed by atoms with Gasteiger partial charge in [-0.3, -0.25) is 4.79 Å². The maximum absolute atomic E-state index is 12.7. The Morgan fingerprint density at radius 2 is 2.04 bits per heavy atom. The zero-order valence-corrected chi connectivity index (χ0v) is 15.1. The Hall–Kier alpha value is -2.80. The molecule has 0 bridgehead atoms. The first-order valence-electron chi connectivity index (χ1n) is 8.46. The van der Waals surface area contributed by atoms with Crippen LogP contribution in [0, 0.1) is 6.92 Å². The second kappa shape index (κ2) is 7.21. The standard InChI is InChI=1S/C19H18N4O2S/c1-13-7-8-17(22-21-13)25-15-9-10-23(11-15)19(24)16-12-26-18(20-16)14-5-3-2-4-6-14/h2-8,12,15H,9-11H2,1H3. The van der Waals surface area contributed by atoms with Crippen molar-refractivity contribution in [3.8, 4) is 16.5 Å². The van der Waals surface area contributed by atoms with E-state index >= 15 is 0 Å². The third-order valence-corrected chi connectivity index (χ3v) is 5.13. The fraction of sp³-hybridized carbons (Fsp3) is 0.263. The molecule has 1 aliphatic heterocycles. The first-order chi connectivity index (χ1) is 12.7. The molecular weight excluding hydrogens is 348 g/mol. The van der Waals surface area contributed by atoms with Crippen molar-refractivity contribution in [2.75, 3.05) is 13.1 Å². The van der Waals surface area contributed by atoms with Gasteiger partial charge < -0.3 is 9.64 Å². The molecule has 3 aromatic rings. The predicted molar refractivity (Wildman–Crippen MR) is 99.3 cm³/mol. The number of hydrogen-bond donors (Lipinski definition) is 0. The molecule has 2 aromatic heterocycles. The van der Waals surface area contributed by atoms with Gasteiger partial charge in [-0.2, -0.15) is 5.10 Å². The maximum Gasteiger partial charge on any atom is 0.273 e. The Kier molecular flexibility index (Phi) is 4.62. The van der Waals surface area contributed by atoms with Crippen LogP contribution in [0.25, 0.3) is 10.6 Å². The number of nitrogens with zero attached hydrogens (tertiary/aromatic N) is 4. The number of rotatable bonds is 4. The topological polar surface area (TPSA) is 68.2 Å². The molecule has 7 heteroatoms. The van der Waals surface area contributed by atoms with Gasteiger partial charge in [-0.1, -0.05) is 30.3 Å². The van der Waals surface area contributed by atoms with E-state index in [4.69, 9.17) is 4.74 Å². The van der Waals surface area contributed by atoms with E-state index in [1.165, 1.54) is 11.3 Å². The van der Waals surface area contributed by atoms with E-state index in [0.29, 0.717) is 24.7 Å². The lowest BCUT2D eigenvalue weighted by molar-refractivity contribution is 0.0766. The summed E-state index contributed by atoms with van der Waals surface area (Å²) in [7, 11) is 0. The average molecular weight is 366 g/mol. The van der Waals surface area contributed by atoms with Gasteiger partial charge in [0.1, 0.15) is 16.8 Å². The molecule has 1 unspecified atom stereocenters. The van der Waals surface area contributed by atoms with Crippen molar-refractivity contribution in [3.63, 3.8) is 0 Å². The highest BCUT2D eigenvalue weighted by atomic mass is 32.1. The largest absolute Gasteiger partial charge is 0.471 e. The number of aryl methyl sites for hydroxylation is 1. The summed E-state index contributed by atoms with van der Waals surface area (Å²) in [5, 5.41) is 10.7. The van der Waals surface area contributed by atoms with Gasteiger partial charge in [-0.25, -0.2) is 4.98 Å². The van der Waals surface area contributed by atoms with Crippen LogP contribution in [0.4, 0.5) is 0 Å². The molecule has 0 radical (unpaired) electrons. The van der Waals surface area contributed by atoms with E-state index in [0.717, 1.165) is 22.7 Å². The zero-order valence-electron chi connectivity index (χ0n) is 14.3. The van der Waals surface area contributed by atoms with E-state index in [2.05, 4.69) is 15.2 Å². The lowest BCUT2D eigenvalue weighted by atomic mass is 10.2. The average Bonchev–Trinajstić information content (AvgIpc) is 3.34. The Labute approximate surface area is 155 Å². The van der Waals surface area contributed by atoms with Crippen LogP contribution in [0.3, 0.4) is 0 Å². The summed E-state index contributed by atoms with van der Waals surface area (Å²) in [5.74, 6) is 0.444. The molecule has 1 amide bonds. The molecule has 26 heavy (non-hydrogen) atoms. The number of ether oxygens (including phenoxy) is 1. The van der Waals surface area contributed by atoms with Crippen LogP contribution in [0.15, 0.2) is 47.8 Å². The third-order valence-electron chi connectivity index (χ3n) is 4.24. The van der Waals surface area contributed by atoms with Gasteiger partial charge in [0.05, 0.1) is 12.2 Å². The van der Waals surface area contributed by atoms with Crippen molar-refractivity contribution in [1.29, 1.82) is 0 Å². The van der Waals surface area contributed by atoms with Gasteiger partial charge in [0, 0.05) is 30.0 Å². The number of hydrogen-bond acceptors (Lipinski definition) is 6. The molecule has 1 aliphatic rings. The van der Waals surface area contributed by atoms with Crippen molar-refractivity contribution in [2.24, 2.45) is 0 Å². The second-order valence-electron chi connectivity index (χ2n) is 6.20. The van der Waals surface area contributed by atoms with Crippen molar-refractivity contribution < 1.29 is 9.53 Å². The summed E-state index contributed by atoms with van der Waals surface area (Å²) < 4.78 is 5.84. The van der Waals surface area contributed by atoms with Crippen molar-refractivity contribution in [2.45, 2.75) is 19.4 Å². The summed E-state index contributed by atoms with van der Waals surface area (Å²) in [6, 6.07) is 13.6. The molecule has 0 aliphatic carbocycles. The molecule has 4 rings (SSSR count). The minimum absolute atomic E-state index is 0.0514. The first kappa shape index (κ1) is 16.7. The molecule has 6 nitrogen and oxygen atoms in total. The fourth-order valence-corrected chi connectivity index (χ4v) is 3.68. The minimum Gasteiger partial charge on any atom is -0.471 e. The molecular formula is C19H18N4O2S. The Morgan fingerprint density at radius 1 is 1.19 bits per heavy atom. The summed E-state index contributed by atoms with van der Waals surface area (Å²) >= 11 is 1.49. The molecule has 0 spiro atoms. The number of likely N-dealkylation sites (tertiary alicyclic amines) is 1. The van der Waals surface area contributed by atoms with Gasteiger partial charge in [0.25, 0.3) is 5.91 Å². The lowest BCUT2D eigenvalue weighted by Gasteiger charge is -2.15. The molecule has 132 valence electrons. The van der Waals surface area contributed by atoms with E-state index in [1.807, 2.05) is 48.7 Å². The number of aromatic nitrogens is 3. The Balaban J connectivity index is 1.40. The molecule has 1 saturated heterocycles. The van der Waals surface area contributed by atoms with Crippen LogP contribution in [-0.2, 0) is 0 Å². The second-order valence-corrected chi connectivity index (χ2v) is 7.05. The monoisotopic (exact) mass is 366 g/mol. The first-order valence-corrected chi connectivity index (χ1v) is 9.34. The van der Waals surface area contributed by atoms with Crippen LogP contribution in [0.5, 0.6) is 5.88 Å². The molecule has 1 aromatic carbocycles. The molecule has 3 heterocycles. The van der Waals surface area contributed by atoms with Crippen LogP contribution in [0.2, 0.25) is 0 Å². The van der Waals surface area contributed by atoms with Gasteiger partial charge in [0.2, 0.25) is 5.88 Å². The highest BCUT2D eigenvalue weighted by Gasteiger charge is 2.29. The SMILES string of the molecule is Cc1ccc(OC2CCN(C(=O)c3csc(-c4ccccc4)n3)C2)nn1. The van der Waals surface area contributed by atoms with E-state index in [1.54, 1.807) is 11.0 Å². The summed E-state index contributed by atoms with van der Waals surface area (Å²) in [4.78, 5) is 19.0. The van der Waals surface area contributed by atoms with Gasteiger partial charge in [-0.05, 0) is 13.0 Å². The van der Waals surface area contributed by atoms with E-state index in [9.17, 15) is 4.79 Å². The van der Waals surface area contributed by atoms with Crippen molar-refractivity contribution in [1.82, 2.24) is 20.1 Å². The van der Waals surface area contributed by atoms with Gasteiger partial charge >= 0.3 is 0 Å². The summed E-state index contributed by atoms with van der Waals surface area (Å²) in [6.45, 7) is 3.07. The van der Waals surface area contributed by atoms with Crippen molar-refractivity contribution in [3.05, 3.63) is 59.2 Å². The van der Waals surface area contributed by atoms with Crippen LogP contribution < -0.4 is 4.74 Å². The minimum atomic E-state index is -0.0665.